The van der Waals surface area contributed by atoms with Gasteiger partial charge in [-0.25, -0.2) is 14.6 Å². The Morgan fingerprint density at radius 1 is 1.37 bits per heavy atom. The van der Waals surface area contributed by atoms with Crippen molar-refractivity contribution in [1.82, 2.24) is 14.9 Å². The predicted molar refractivity (Wildman–Crippen MR) is 98.5 cm³/mol. The largest absolute Gasteiger partial charge is 0.465 e. The van der Waals surface area contributed by atoms with Crippen LogP contribution in [0.15, 0.2) is 18.2 Å². The zero-order chi connectivity index (χ0) is 19.6. The summed E-state index contributed by atoms with van der Waals surface area (Å²) in [6, 6.07) is 5.21. The van der Waals surface area contributed by atoms with Crippen molar-refractivity contribution in [3.05, 3.63) is 29.6 Å². The number of hydrogen-bond acceptors (Lipinski definition) is 6. The van der Waals surface area contributed by atoms with Crippen LogP contribution in [0.25, 0.3) is 11.0 Å². The summed E-state index contributed by atoms with van der Waals surface area (Å²) in [5.74, 6) is 0.270. The average Bonchev–Trinajstić information content (AvgIpc) is 2.90. The van der Waals surface area contributed by atoms with Crippen molar-refractivity contribution in [2.24, 2.45) is 0 Å². The summed E-state index contributed by atoms with van der Waals surface area (Å²) in [4.78, 5) is 28.4. The molecule has 0 radical (unpaired) electrons. The van der Waals surface area contributed by atoms with Gasteiger partial charge in [0.05, 0.1) is 42.9 Å². The van der Waals surface area contributed by atoms with Crippen molar-refractivity contribution in [2.75, 3.05) is 13.7 Å². The van der Waals surface area contributed by atoms with Crippen molar-refractivity contribution in [3.8, 4) is 0 Å². The van der Waals surface area contributed by atoms with Gasteiger partial charge in [0.15, 0.2) is 0 Å². The van der Waals surface area contributed by atoms with Gasteiger partial charge < -0.3 is 24.1 Å². The fourth-order valence-corrected chi connectivity index (χ4v) is 2.85. The number of amides is 1. The number of esters is 1. The van der Waals surface area contributed by atoms with E-state index in [9.17, 15) is 9.59 Å². The first-order valence-electron chi connectivity index (χ1n) is 8.93. The lowest BCUT2D eigenvalue weighted by Crippen LogP contribution is -2.34. The highest BCUT2D eigenvalue weighted by atomic mass is 16.6. The zero-order valence-corrected chi connectivity index (χ0v) is 16.1. The van der Waals surface area contributed by atoms with Gasteiger partial charge in [0.1, 0.15) is 11.4 Å². The van der Waals surface area contributed by atoms with Crippen LogP contribution in [-0.2, 0) is 27.3 Å². The fourth-order valence-electron chi connectivity index (χ4n) is 2.85. The molecular weight excluding hydrogens is 350 g/mol. The molecule has 0 saturated carbocycles. The van der Waals surface area contributed by atoms with Gasteiger partial charge in [-0.15, -0.1) is 0 Å². The second kappa shape index (κ2) is 7.56. The van der Waals surface area contributed by atoms with Gasteiger partial charge in [0.2, 0.25) is 0 Å². The predicted octanol–water partition coefficient (Wildman–Crippen LogP) is 2.64. The van der Waals surface area contributed by atoms with E-state index in [1.807, 2.05) is 25.3 Å². The Bertz CT molecular complexity index is 849. The number of hydrogen-bond donors (Lipinski definition) is 1. The highest BCUT2D eigenvalue weighted by molar-refractivity contribution is 5.93. The van der Waals surface area contributed by atoms with Crippen molar-refractivity contribution in [1.29, 1.82) is 0 Å². The van der Waals surface area contributed by atoms with Crippen LogP contribution in [0.2, 0.25) is 0 Å². The van der Waals surface area contributed by atoms with Crippen LogP contribution in [-0.4, -0.2) is 47.0 Å². The second-order valence-electron chi connectivity index (χ2n) is 7.47. The molecule has 8 heteroatoms. The van der Waals surface area contributed by atoms with Crippen molar-refractivity contribution < 1.29 is 23.8 Å². The SMILES string of the molecule is COC(=O)c1ccc2nc(CNC(=O)OC(C)(C)C)n(C[C@@H]3CCO3)c2c1. The minimum atomic E-state index is -0.570. The van der Waals surface area contributed by atoms with Crippen LogP contribution in [0, 0.1) is 0 Å². The van der Waals surface area contributed by atoms with Gasteiger partial charge in [0, 0.05) is 6.61 Å². The molecule has 1 saturated heterocycles. The van der Waals surface area contributed by atoms with E-state index in [-0.39, 0.29) is 12.6 Å². The lowest BCUT2D eigenvalue weighted by molar-refractivity contribution is -0.0590. The van der Waals surface area contributed by atoms with Gasteiger partial charge in [-0.05, 0) is 45.4 Å². The molecule has 1 amide bonds. The summed E-state index contributed by atoms with van der Waals surface area (Å²) in [6.07, 6.45) is 0.565. The molecule has 1 aliphatic rings. The standard InChI is InChI=1S/C19H25N3O5/c1-19(2,3)27-18(24)20-10-16-21-14-6-5-12(17(23)25-4)9-15(14)22(16)11-13-7-8-26-13/h5-6,9,13H,7-8,10-11H2,1-4H3,(H,20,24)/t13-/m0/s1. The smallest absolute Gasteiger partial charge is 0.408 e. The number of nitrogens with zero attached hydrogens (tertiary/aromatic N) is 2. The van der Waals surface area contributed by atoms with E-state index >= 15 is 0 Å². The molecule has 1 fully saturated rings. The van der Waals surface area contributed by atoms with E-state index in [1.165, 1.54) is 7.11 Å². The maximum atomic E-state index is 12.0. The van der Waals surface area contributed by atoms with Gasteiger partial charge in [-0.1, -0.05) is 0 Å². The van der Waals surface area contributed by atoms with Crippen LogP contribution in [0.5, 0.6) is 0 Å². The number of imidazole rings is 1. The van der Waals surface area contributed by atoms with Crippen LogP contribution in [0.4, 0.5) is 4.79 Å². The van der Waals surface area contributed by atoms with Gasteiger partial charge >= 0.3 is 12.1 Å². The van der Waals surface area contributed by atoms with E-state index in [0.717, 1.165) is 24.1 Å². The first-order chi connectivity index (χ1) is 12.8. The Morgan fingerprint density at radius 2 is 2.11 bits per heavy atom. The quantitative estimate of drug-likeness (QED) is 0.808. The van der Waals surface area contributed by atoms with E-state index < -0.39 is 17.7 Å². The maximum Gasteiger partial charge on any atom is 0.408 e. The Morgan fingerprint density at radius 3 is 2.70 bits per heavy atom. The second-order valence-corrected chi connectivity index (χ2v) is 7.47. The Hall–Kier alpha value is -2.61. The first-order valence-corrected chi connectivity index (χ1v) is 8.93. The molecule has 27 heavy (non-hydrogen) atoms. The fraction of sp³-hybridized carbons (Fsp3) is 0.526. The summed E-state index contributed by atoms with van der Waals surface area (Å²) in [6.45, 7) is 6.99. The van der Waals surface area contributed by atoms with Crippen molar-refractivity contribution in [3.63, 3.8) is 0 Å². The van der Waals surface area contributed by atoms with Gasteiger partial charge in [0.25, 0.3) is 0 Å². The molecule has 3 rings (SSSR count). The minimum absolute atomic E-state index is 0.101. The lowest BCUT2D eigenvalue weighted by Gasteiger charge is -2.27. The Kier molecular flexibility index (Phi) is 5.36. The Balaban J connectivity index is 1.87. The Labute approximate surface area is 157 Å². The topological polar surface area (TPSA) is 91.7 Å². The summed E-state index contributed by atoms with van der Waals surface area (Å²) in [7, 11) is 1.35. The van der Waals surface area contributed by atoms with E-state index in [1.54, 1.807) is 18.2 Å². The molecule has 1 atom stereocenters. The number of benzene rings is 1. The normalized spacial score (nSPS) is 16.7. The molecule has 0 spiro atoms. The molecule has 0 bridgehead atoms. The zero-order valence-electron chi connectivity index (χ0n) is 16.1. The third-order valence-electron chi connectivity index (χ3n) is 4.22. The van der Waals surface area contributed by atoms with Crippen LogP contribution in [0.3, 0.4) is 0 Å². The van der Waals surface area contributed by atoms with E-state index in [0.29, 0.717) is 17.9 Å². The van der Waals surface area contributed by atoms with Gasteiger partial charge in [-0.2, -0.15) is 0 Å². The molecule has 1 aromatic carbocycles. The highest BCUT2D eigenvalue weighted by Crippen LogP contribution is 2.22. The van der Waals surface area contributed by atoms with Crippen molar-refractivity contribution >= 4 is 23.1 Å². The number of nitrogens with one attached hydrogen (secondary N) is 1. The molecule has 1 N–H and O–H groups in total. The number of rotatable bonds is 5. The third kappa shape index (κ3) is 4.57. The third-order valence-corrected chi connectivity index (χ3v) is 4.22. The molecule has 146 valence electrons. The summed E-state index contributed by atoms with van der Waals surface area (Å²) in [5.41, 5.74) is 1.42. The number of aromatic nitrogens is 2. The molecule has 8 nitrogen and oxygen atoms in total. The number of ether oxygens (including phenoxy) is 3. The molecule has 2 heterocycles. The molecular formula is C19H25N3O5. The number of carbonyl (C=O) groups excluding carboxylic acids is 2. The maximum absolute atomic E-state index is 12.0. The van der Waals surface area contributed by atoms with Crippen molar-refractivity contribution in [2.45, 2.75) is 52.0 Å². The first kappa shape index (κ1) is 19.2. The number of methoxy groups -OCH3 is 1. The van der Waals surface area contributed by atoms with E-state index in [2.05, 4.69) is 10.3 Å². The van der Waals surface area contributed by atoms with Crippen LogP contribution >= 0.6 is 0 Å². The summed E-state index contributed by atoms with van der Waals surface area (Å²) in [5, 5.41) is 2.74. The molecule has 0 unspecified atom stereocenters. The number of carbonyl (C=O) groups is 2. The van der Waals surface area contributed by atoms with Crippen LogP contribution in [0.1, 0.15) is 43.4 Å². The minimum Gasteiger partial charge on any atom is -0.465 e. The molecule has 2 aromatic rings. The monoisotopic (exact) mass is 375 g/mol. The summed E-state index contributed by atoms with van der Waals surface area (Å²) < 4.78 is 17.6. The van der Waals surface area contributed by atoms with Crippen LogP contribution < -0.4 is 5.32 Å². The number of fused-ring (bicyclic) bond motifs is 1. The molecule has 1 aromatic heterocycles. The van der Waals surface area contributed by atoms with Gasteiger partial charge in [-0.3, -0.25) is 0 Å². The highest BCUT2D eigenvalue weighted by Gasteiger charge is 2.23. The molecule has 0 aliphatic carbocycles. The van der Waals surface area contributed by atoms with E-state index in [4.69, 9.17) is 14.2 Å². The average molecular weight is 375 g/mol. The summed E-state index contributed by atoms with van der Waals surface area (Å²) >= 11 is 0. The molecule has 1 aliphatic heterocycles. The lowest BCUT2D eigenvalue weighted by atomic mass is 10.1. The number of alkyl carbamates (subject to hydrolysis) is 1.